The van der Waals surface area contributed by atoms with E-state index < -0.39 is 79.8 Å². The van der Waals surface area contributed by atoms with Crippen LogP contribution >= 0.6 is 21.6 Å². The molecular formula is C26H12F10S2. The normalized spacial score (nSPS) is 13.0. The van der Waals surface area contributed by atoms with E-state index in [0.29, 0.717) is 21.6 Å². The molecular weight excluding hydrogens is 566 g/mol. The molecule has 0 fully saturated rings. The van der Waals surface area contributed by atoms with Gasteiger partial charge in [-0.3, -0.25) is 0 Å². The molecule has 0 radical (unpaired) electrons. The first kappa shape index (κ1) is 27.9. The minimum atomic E-state index is -2.38. The first-order chi connectivity index (χ1) is 18.1. The van der Waals surface area contributed by atoms with Crippen molar-refractivity contribution in [2.75, 3.05) is 0 Å². The van der Waals surface area contributed by atoms with Gasteiger partial charge < -0.3 is 0 Å². The Bertz CT molecular complexity index is 1310. The van der Waals surface area contributed by atoms with E-state index in [4.69, 9.17) is 0 Å². The van der Waals surface area contributed by atoms with E-state index in [1.54, 1.807) is 0 Å². The van der Waals surface area contributed by atoms with Crippen LogP contribution in [0.4, 0.5) is 43.9 Å². The zero-order valence-electron chi connectivity index (χ0n) is 18.5. The summed E-state index contributed by atoms with van der Waals surface area (Å²) in [5.74, 6) is -22.1. The molecule has 198 valence electrons. The van der Waals surface area contributed by atoms with Gasteiger partial charge in [0.2, 0.25) is 11.6 Å². The lowest BCUT2D eigenvalue weighted by molar-refractivity contribution is 0.371. The number of benzene rings is 4. The molecule has 4 aromatic rings. The summed E-state index contributed by atoms with van der Waals surface area (Å²) in [6.45, 7) is 0. The largest absolute Gasteiger partial charge is 0.203 e. The molecule has 12 heteroatoms. The van der Waals surface area contributed by atoms with Gasteiger partial charge in [0.1, 0.15) is 0 Å². The highest BCUT2D eigenvalue weighted by atomic mass is 33.1. The van der Waals surface area contributed by atoms with Crippen molar-refractivity contribution in [1.82, 2.24) is 0 Å². The molecule has 0 aliphatic carbocycles. The van der Waals surface area contributed by atoms with E-state index in [0.717, 1.165) is 0 Å². The summed E-state index contributed by atoms with van der Waals surface area (Å²) in [7, 11) is 0.839. The van der Waals surface area contributed by atoms with Crippen LogP contribution in [0.5, 0.6) is 0 Å². The van der Waals surface area contributed by atoms with E-state index in [1.807, 2.05) is 0 Å². The Morgan fingerprint density at radius 2 is 0.579 bits per heavy atom. The standard InChI is InChI=1S/C26H12F10S2/c27-15-13(16(28)20(32)23(35)19(15)31)25(11-7-3-1-4-8-11)37-38-26(12-9-5-2-6-10-12)14-17(29)21(33)24(36)22(34)18(14)30/h1-10,25-26H. The number of rotatable bonds is 7. The number of hydrogen-bond acceptors (Lipinski definition) is 2. The maximum Gasteiger partial charge on any atom is 0.200 e. The highest BCUT2D eigenvalue weighted by molar-refractivity contribution is 8.76. The van der Waals surface area contributed by atoms with Crippen molar-refractivity contribution >= 4 is 21.6 Å². The molecule has 0 aromatic heterocycles. The predicted octanol–water partition coefficient (Wildman–Crippen LogP) is 9.34. The van der Waals surface area contributed by atoms with Gasteiger partial charge in [0.25, 0.3) is 0 Å². The Kier molecular flexibility index (Phi) is 8.31. The summed E-state index contributed by atoms with van der Waals surface area (Å²) in [6, 6.07) is 13.9. The predicted molar refractivity (Wildman–Crippen MR) is 124 cm³/mol. The van der Waals surface area contributed by atoms with Crippen LogP contribution in [0.3, 0.4) is 0 Å². The van der Waals surface area contributed by atoms with Crippen LogP contribution in [0, 0.1) is 58.2 Å². The first-order valence-corrected chi connectivity index (χ1v) is 12.8. The molecule has 2 unspecified atom stereocenters. The summed E-state index contributed by atoms with van der Waals surface area (Å²) in [4.78, 5) is 0. The maximum absolute atomic E-state index is 14.8. The van der Waals surface area contributed by atoms with Gasteiger partial charge >= 0.3 is 0 Å². The zero-order valence-corrected chi connectivity index (χ0v) is 20.2. The molecule has 0 saturated carbocycles. The van der Waals surface area contributed by atoms with Crippen LogP contribution in [0.1, 0.15) is 32.8 Å². The number of halogens is 10. The first-order valence-electron chi connectivity index (χ1n) is 10.5. The lowest BCUT2D eigenvalue weighted by Gasteiger charge is -2.24. The average molecular weight is 578 g/mol. The third-order valence-electron chi connectivity index (χ3n) is 5.46. The minimum Gasteiger partial charge on any atom is -0.203 e. The summed E-state index contributed by atoms with van der Waals surface area (Å²) >= 11 is 0. The zero-order chi connectivity index (χ0) is 27.7. The lowest BCUT2D eigenvalue weighted by Crippen LogP contribution is -2.12. The van der Waals surface area contributed by atoms with Crippen molar-refractivity contribution < 1.29 is 43.9 Å². The number of hydrogen-bond donors (Lipinski definition) is 0. The van der Waals surface area contributed by atoms with E-state index in [2.05, 4.69) is 0 Å². The van der Waals surface area contributed by atoms with Gasteiger partial charge in [0.15, 0.2) is 46.5 Å². The molecule has 0 saturated heterocycles. The van der Waals surface area contributed by atoms with Crippen LogP contribution < -0.4 is 0 Å². The van der Waals surface area contributed by atoms with E-state index in [-0.39, 0.29) is 11.1 Å². The van der Waals surface area contributed by atoms with Gasteiger partial charge in [-0.25, -0.2) is 43.9 Å². The Morgan fingerprint density at radius 1 is 0.342 bits per heavy atom. The maximum atomic E-state index is 14.8. The van der Waals surface area contributed by atoms with Crippen molar-refractivity contribution in [3.05, 3.63) is 141 Å². The molecule has 4 aromatic carbocycles. The van der Waals surface area contributed by atoms with Crippen LogP contribution in [0.2, 0.25) is 0 Å². The second-order valence-electron chi connectivity index (χ2n) is 7.74. The molecule has 2 atom stereocenters. The minimum absolute atomic E-state index is 0.0393. The van der Waals surface area contributed by atoms with Gasteiger partial charge in [0.05, 0.1) is 10.5 Å². The van der Waals surface area contributed by atoms with Crippen LogP contribution in [0.15, 0.2) is 60.7 Å². The summed E-state index contributed by atoms with van der Waals surface area (Å²) in [5.41, 5.74) is -2.40. The third-order valence-corrected chi connectivity index (χ3v) is 8.46. The second kappa shape index (κ2) is 11.3. The summed E-state index contributed by atoms with van der Waals surface area (Å²) < 4.78 is 143. The monoisotopic (exact) mass is 578 g/mol. The third kappa shape index (κ3) is 4.98. The van der Waals surface area contributed by atoms with Gasteiger partial charge in [0, 0.05) is 11.1 Å². The molecule has 0 aliphatic heterocycles. The molecule has 0 amide bonds. The molecule has 0 N–H and O–H groups in total. The van der Waals surface area contributed by atoms with Gasteiger partial charge in [-0.2, -0.15) is 0 Å². The molecule has 0 aliphatic rings. The smallest absolute Gasteiger partial charge is 0.200 e. The summed E-state index contributed by atoms with van der Waals surface area (Å²) in [6.07, 6.45) is 0. The van der Waals surface area contributed by atoms with Gasteiger partial charge in [-0.15, -0.1) is 0 Å². The molecule has 38 heavy (non-hydrogen) atoms. The Morgan fingerprint density at radius 3 is 0.842 bits per heavy atom. The van der Waals surface area contributed by atoms with Crippen molar-refractivity contribution in [2.45, 2.75) is 10.5 Å². The Balaban J connectivity index is 1.88. The summed E-state index contributed by atoms with van der Waals surface area (Å²) in [5, 5.41) is -3.31. The average Bonchev–Trinajstić information content (AvgIpc) is 2.94. The van der Waals surface area contributed by atoms with Crippen LogP contribution in [-0.2, 0) is 0 Å². The van der Waals surface area contributed by atoms with E-state index in [9.17, 15) is 43.9 Å². The Hall–Kier alpha value is -3.12. The van der Waals surface area contributed by atoms with Gasteiger partial charge in [-0.05, 0) is 11.1 Å². The van der Waals surface area contributed by atoms with E-state index >= 15 is 0 Å². The topological polar surface area (TPSA) is 0 Å². The molecule has 0 nitrogen and oxygen atoms in total. The molecule has 0 bridgehead atoms. The lowest BCUT2D eigenvalue weighted by atomic mass is 10.0. The quantitative estimate of drug-likeness (QED) is 0.0928. The SMILES string of the molecule is Fc1c(F)c(F)c(C(SSC(c2ccccc2)c2c(F)c(F)c(F)c(F)c2F)c2ccccc2)c(F)c1F. The Labute approximate surface area is 217 Å². The molecule has 0 heterocycles. The van der Waals surface area contributed by atoms with Crippen molar-refractivity contribution in [2.24, 2.45) is 0 Å². The molecule has 4 rings (SSSR count). The van der Waals surface area contributed by atoms with Crippen LogP contribution in [0.25, 0.3) is 0 Å². The fraction of sp³-hybridized carbons (Fsp3) is 0.0769. The van der Waals surface area contributed by atoms with E-state index in [1.165, 1.54) is 60.7 Å². The highest BCUT2D eigenvalue weighted by Gasteiger charge is 2.35. The molecule has 0 spiro atoms. The van der Waals surface area contributed by atoms with Crippen molar-refractivity contribution in [3.63, 3.8) is 0 Å². The fourth-order valence-corrected chi connectivity index (χ4v) is 6.89. The highest BCUT2D eigenvalue weighted by Crippen LogP contribution is 2.53. The van der Waals surface area contributed by atoms with Crippen molar-refractivity contribution in [3.8, 4) is 0 Å². The second-order valence-corrected chi connectivity index (χ2v) is 10.2. The van der Waals surface area contributed by atoms with Crippen LogP contribution in [-0.4, -0.2) is 0 Å². The van der Waals surface area contributed by atoms with Crippen molar-refractivity contribution in [1.29, 1.82) is 0 Å². The van der Waals surface area contributed by atoms with Gasteiger partial charge in [-0.1, -0.05) is 82.3 Å². The fourth-order valence-electron chi connectivity index (χ4n) is 3.61.